The van der Waals surface area contributed by atoms with Gasteiger partial charge in [0.1, 0.15) is 5.82 Å². The molecule has 0 aliphatic carbocycles. The first-order chi connectivity index (χ1) is 7.99. The molecule has 0 bridgehead atoms. The van der Waals surface area contributed by atoms with Crippen LogP contribution in [-0.4, -0.2) is 11.7 Å². The van der Waals surface area contributed by atoms with Crippen LogP contribution in [0.3, 0.4) is 0 Å². The van der Waals surface area contributed by atoms with Crippen molar-refractivity contribution < 1.29 is 4.39 Å². The molecule has 0 atom stereocenters. The molecule has 2 N–H and O–H groups in total. The van der Waals surface area contributed by atoms with Gasteiger partial charge in [-0.25, -0.2) is 4.39 Å². The van der Waals surface area contributed by atoms with Crippen molar-refractivity contribution in [2.75, 3.05) is 6.54 Å². The first-order valence-electron chi connectivity index (χ1n) is 5.44. The second-order valence-corrected chi connectivity index (χ2v) is 5.02. The Morgan fingerprint density at radius 3 is 2.71 bits per heavy atom. The molecule has 0 aliphatic rings. The summed E-state index contributed by atoms with van der Waals surface area (Å²) in [6.45, 7) is 5.57. The second kappa shape index (κ2) is 6.77. The summed E-state index contributed by atoms with van der Waals surface area (Å²) in [5, 5.41) is 6.86. The summed E-state index contributed by atoms with van der Waals surface area (Å²) in [5.41, 5.74) is 0.894. The summed E-state index contributed by atoms with van der Waals surface area (Å²) in [6.07, 6.45) is 0. The van der Waals surface area contributed by atoms with Gasteiger partial charge in [0.25, 0.3) is 0 Å². The van der Waals surface area contributed by atoms with Crippen molar-refractivity contribution in [2.24, 2.45) is 5.92 Å². The van der Waals surface area contributed by atoms with Crippen molar-refractivity contribution in [3.63, 3.8) is 0 Å². The van der Waals surface area contributed by atoms with Crippen LogP contribution >= 0.6 is 23.8 Å². The minimum Gasteiger partial charge on any atom is -0.362 e. The van der Waals surface area contributed by atoms with E-state index in [-0.39, 0.29) is 5.02 Å². The highest BCUT2D eigenvalue weighted by Gasteiger charge is 2.02. The fourth-order valence-corrected chi connectivity index (χ4v) is 1.55. The molecule has 2 nitrogen and oxygen atoms in total. The van der Waals surface area contributed by atoms with Gasteiger partial charge in [-0.05, 0) is 35.8 Å². The first-order valence-corrected chi connectivity index (χ1v) is 6.23. The lowest BCUT2D eigenvalue weighted by Gasteiger charge is -2.12. The third kappa shape index (κ3) is 5.33. The van der Waals surface area contributed by atoms with Crippen LogP contribution in [0.4, 0.5) is 4.39 Å². The van der Waals surface area contributed by atoms with Crippen LogP contribution in [0.2, 0.25) is 5.02 Å². The van der Waals surface area contributed by atoms with E-state index in [4.69, 9.17) is 23.8 Å². The van der Waals surface area contributed by atoms with Gasteiger partial charge in [-0.1, -0.05) is 31.5 Å². The SMILES string of the molecule is CC(C)CNC(=S)NCc1ccc(F)c(Cl)c1. The van der Waals surface area contributed by atoms with Crippen LogP contribution in [0, 0.1) is 11.7 Å². The summed E-state index contributed by atoms with van der Waals surface area (Å²) in [6, 6.07) is 4.62. The van der Waals surface area contributed by atoms with Gasteiger partial charge >= 0.3 is 0 Å². The molecule has 0 spiro atoms. The summed E-state index contributed by atoms with van der Waals surface area (Å²) in [4.78, 5) is 0. The van der Waals surface area contributed by atoms with E-state index in [0.717, 1.165) is 12.1 Å². The maximum Gasteiger partial charge on any atom is 0.166 e. The average molecular weight is 275 g/mol. The van der Waals surface area contributed by atoms with Gasteiger partial charge < -0.3 is 10.6 Å². The molecule has 0 amide bonds. The van der Waals surface area contributed by atoms with Gasteiger partial charge in [0, 0.05) is 13.1 Å². The monoisotopic (exact) mass is 274 g/mol. The molecular weight excluding hydrogens is 259 g/mol. The Morgan fingerprint density at radius 1 is 1.41 bits per heavy atom. The van der Waals surface area contributed by atoms with E-state index in [9.17, 15) is 4.39 Å². The third-order valence-electron chi connectivity index (χ3n) is 2.11. The minimum atomic E-state index is -0.407. The molecule has 1 aromatic rings. The van der Waals surface area contributed by atoms with E-state index in [1.807, 2.05) is 0 Å². The van der Waals surface area contributed by atoms with Crippen molar-refractivity contribution in [3.8, 4) is 0 Å². The summed E-state index contributed by atoms with van der Waals surface area (Å²) in [7, 11) is 0. The van der Waals surface area contributed by atoms with Gasteiger partial charge in [-0.15, -0.1) is 0 Å². The number of hydrogen-bond donors (Lipinski definition) is 2. The molecule has 0 saturated carbocycles. The number of benzene rings is 1. The van der Waals surface area contributed by atoms with Crippen LogP contribution in [-0.2, 0) is 6.54 Å². The van der Waals surface area contributed by atoms with Gasteiger partial charge in [0.15, 0.2) is 5.11 Å². The van der Waals surface area contributed by atoms with Crippen LogP contribution < -0.4 is 10.6 Å². The van der Waals surface area contributed by atoms with Crippen molar-refractivity contribution in [3.05, 3.63) is 34.6 Å². The Bertz CT molecular complexity index is 396. The van der Waals surface area contributed by atoms with Crippen LogP contribution in [0.1, 0.15) is 19.4 Å². The second-order valence-electron chi connectivity index (χ2n) is 4.21. The summed E-state index contributed by atoms with van der Waals surface area (Å²) >= 11 is 10.8. The van der Waals surface area contributed by atoms with Crippen LogP contribution in [0.5, 0.6) is 0 Å². The molecule has 0 radical (unpaired) electrons. The largest absolute Gasteiger partial charge is 0.362 e. The maximum absolute atomic E-state index is 12.9. The topological polar surface area (TPSA) is 24.1 Å². The zero-order chi connectivity index (χ0) is 12.8. The van der Waals surface area contributed by atoms with Crippen molar-refractivity contribution in [2.45, 2.75) is 20.4 Å². The number of halogens is 2. The highest BCUT2D eigenvalue weighted by atomic mass is 35.5. The van der Waals surface area contributed by atoms with Gasteiger partial charge in [-0.2, -0.15) is 0 Å². The molecule has 1 rings (SSSR count). The minimum absolute atomic E-state index is 0.130. The van der Waals surface area contributed by atoms with Crippen molar-refractivity contribution in [1.29, 1.82) is 0 Å². The van der Waals surface area contributed by atoms with Gasteiger partial charge in [-0.3, -0.25) is 0 Å². The molecule has 0 aromatic heterocycles. The predicted molar refractivity (Wildman–Crippen MR) is 73.7 cm³/mol. The lowest BCUT2D eigenvalue weighted by atomic mass is 10.2. The fourth-order valence-electron chi connectivity index (χ4n) is 1.19. The molecule has 0 aliphatic heterocycles. The number of thiocarbonyl (C=S) groups is 1. The molecule has 0 saturated heterocycles. The van der Waals surface area contributed by atoms with E-state index >= 15 is 0 Å². The Labute approximate surface area is 112 Å². The molecule has 5 heteroatoms. The van der Waals surface area contributed by atoms with Gasteiger partial charge in [0.05, 0.1) is 5.02 Å². The molecule has 17 heavy (non-hydrogen) atoms. The molecular formula is C12H16ClFN2S. The maximum atomic E-state index is 12.9. The zero-order valence-corrected chi connectivity index (χ0v) is 11.5. The van der Waals surface area contributed by atoms with E-state index < -0.39 is 5.82 Å². The first kappa shape index (κ1) is 14.2. The number of hydrogen-bond acceptors (Lipinski definition) is 1. The number of nitrogens with one attached hydrogen (secondary N) is 2. The Morgan fingerprint density at radius 2 is 2.12 bits per heavy atom. The normalized spacial score (nSPS) is 10.4. The highest BCUT2D eigenvalue weighted by molar-refractivity contribution is 7.80. The lowest BCUT2D eigenvalue weighted by molar-refractivity contribution is 0.618. The van der Waals surface area contributed by atoms with Crippen LogP contribution in [0.25, 0.3) is 0 Å². The quantitative estimate of drug-likeness (QED) is 0.825. The van der Waals surface area contributed by atoms with Crippen molar-refractivity contribution >= 4 is 28.9 Å². The van der Waals surface area contributed by atoms with Gasteiger partial charge in [0.2, 0.25) is 0 Å². The lowest BCUT2D eigenvalue weighted by Crippen LogP contribution is -2.36. The summed E-state index contributed by atoms with van der Waals surface area (Å²) in [5.74, 6) is 0.131. The van der Waals surface area contributed by atoms with Crippen molar-refractivity contribution in [1.82, 2.24) is 10.6 Å². The Kier molecular flexibility index (Phi) is 5.65. The van der Waals surface area contributed by atoms with E-state index in [0.29, 0.717) is 17.6 Å². The fraction of sp³-hybridized carbons (Fsp3) is 0.417. The zero-order valence-electron chi connectivity index (χ0n) is 9.89. The van der Waals surface area contributed by atoms with E-state index in [1.165, 1.54) is 6.07 Å². The van der Waals surface area contributed by atoms with E-state index in [1.54, 1.807) is 12.1 Å². The standard InChI is InChI=1S/C12H16ClFN2S/c1-8(2)6-15-12(17)16-7-9-3-4-11(14)10(13)5-9/h3-5,8H,6-7H2,1-2H3,(H2,15,16,17). The Balaban J connectivity index is 2.39. The smallest absolute Gasteiger partial charge is 0.166 e. The molecule has 94 valence electrons. The predicted octanol–water partition coefficient (Wildman–Crippen LogP) is 3.10. The average Bonchev–Trinajstić information content (AvgIpc) is 2.28. The third-order valence-corrected chi connectivity index (χ3v) is 2.69. The molecule has 1 aromatic carbocycles. The van der Waals surface area contributed by atoms with E-state index in [2.05, 4.69) is 24.5 Å². The molecule has 0 unspecified atom stereocenters. The highest BCUT2D eigenvalue weighted by Crippen LogP contribution is 2.15. The molecule has 0 heterocycles. The Hall–Kier alpha value is -0.870. The number of rotatable bonds is 4. The molecule has 0 fully saturated rings. The van der Waals surface area contributed by atoms with Crippen LogP contribution in [0.15, 0.2) is 18.2 Å². The summed E-state index contributed by atoms with van der Waals surface area (Å²) < 4.78 is 12.9.